The van der Waals surface area contributed by atoms with Crippen molar-refractivity contribution in [2.24, 2.45) is 0 Å². The van der Waals surface area contributed by atoms with Gasteiger partial charge in [-0.2, -0.15) is 8.62 Å². The van der Waals surface area contributed by atoms with Gasteiger partial charge in [0.2, 0.25) is 0 Å². The number of pyridine rings is 1. The van der Waals surface area contributed by atoms with Crippen LogP contribution in [-0.2, 0) is 31.6 Å². The van der Waals surface area contributed by atoms with Gasteiger partial charge in [-0.15, -0.1) is 0 Å². The van der Waals surface area contributed by atoms with Crippen molar-refractivity contribution in [3.63, 3.8) is 0 Å². The number of nitrogen functional groups attached to an aromatic ring is 1. The van der Waals surface area contributed by atoms with Crippen molar-refractivity contribution in [2.75, 3.05) is 12.3 Å². The Bertz CT molecular complexity index is 1200. The van der Waals surface area contributed by atoms with Crippen LogP contribution in [0.1, 0.15) is 13.2 Å². The van der Waals surface area contributed by atoms with Gasteiger partial charge in [0.1, 0.15) is 23.8 Å². The highest BCUT2D eigenvalue weighted by Crippen LogP contribution is 2.66. The molecule has 2 unspecified atom stereocenters. The predicted octanol–water partition coefficient (Wildman–Crippen LogP) is -0.337. The number of anilines is 1. The summed E-state index contributed by atoms with van der Waals surface area (Å²) in [5.41, 5.74) is 3.74. The number of aromatic nitrogens is 3. The van der Waals surface area contributed by atoms with Gasteiger partial charge in [-0.1, -0.05) is 0 Å². The van der Waals surface area contributed by atoms with Gasteiger partial charge in [0.05, 0.1) is 12.0 Å². The first-order valence-electron chi connectivity index (χ1n) is 8.49. The average Bonchev–Trinajstić information content (AvgIpc) is 3.12. The number of ether oxygens (including phenoxy) is 1. The number of aliphatic hydroxyl groups excluding tert-OH is 1. The zero-order valence-electron chi connectivity index (χ0n) is 16.3. The lowest BCUT2D eigenvalue weighted by Crippen LogP contribution is -2.49. The number of hydrogen-bond donors (Lipinski definition) is 7. The highest BCUT2D eigenvalue weighted by Gasteiger charge is 2.64. The fraction of sp³-hybridized carbons (Fsp3) is 0.500. The highest BCUT2D eigenvalue weighted by molar-refractivity contribution is 7.66. The Morgan fingerprint density at radius 3 is 2.45 bits per heavy atom. The minimum atomic E-state index is -5.85. The van der Waals surface area contributed by atoms with Crippen molar-refractivity contribution in [3.8, 4) is 0 Å². The van der Waals surface area contributed by atoms with Gasteiger partial charge >= 0.3 is 23.5 Å². The SMILES string of the molecule is C[C@]1(O)[C@H](n2cnc3c(N)ccnc32)O[C@](F)(COP(=O)(O)OP(=O)(O)OP(=O)(O)O)[C@H]1O. The van der Waals surface area contributed by atoms with Crippen LogP contribution in [0, 0.1) is 0 Å². The maximum Gasteiger partial charge on any atom is 0.490 e. The Labute approximate surface area is 183 Å². The molecule has 33 heavy (non-hydrogen) atoms. The normalized spacial score (nSPS) is 32.0. The number of aliphatic hydroxyl groups is 2. The van der Waals surface area contributed by atoms with E-state index in [9.17, 15) is 28.8 Å². The monoisotopic (exact) mass is 538 g/mol. The summed E-state index contributed by atoms with van der Waals surface area (Å²) in [6.45, 7) is -0.695. The molecule has 0 amide bonds. The third-order valence-corrected chi connectivity index (χ3v) is 8.14. The van der Waals surface area contributed by atoms with Crippen molar-refractivity contribution in [1.29, 1.82) is 0 Å². The Balaban J connectivity index is 1.81. The van der Waals surface area contributed by atoms with Crippen LogP contribution in [0.3, 0.4) is 0 Å². The van der Waals surface area contributed by atoms with E-state index in [-0.39, 0.29) is 16.9 Å². The molecule has 2 aromatic rings. The largest absolute Gasteiger partial charge is 0.490 e. The van der Waals surface area contributed by atoms with E-state index in [2.05, 4.69) is 23.1 Å². The molecule has 1 saturated heterocycles. The second kappa shape index (κ2) is 8.39. The molecule has 8 N–H and O–H groups in total. The van der Waals surface area contributed by atoms with Crippen LogP contribution in [0.25, 0.3) is 11.2 Å². The average molecular weight is 538 g/mol. The zero-order chi connectivity index (χ0) is 25.0. The maximum absolute atomic E-state index is 15.3. The first-order valence-corrected chi connectivity index (χ1v) is 13.0. The van der Waals surface area contributed by atoms with Gasteiger partial charge in [-0.25, -0.2) is 28.1 Å². The van der Waals surface area contributed by atoms with E-state index in [0.29, 0.717) is 0 Å². The number of rotatable bonds is 8. The van der Waals surface area contributed by atoms with Gasteiger partial charge < -0.3 is 40.3 Å². The predicted molar refractivity (Wildman–Crippen MR) is 102 cm³/mol. The van der Waals surface area contributed by atoms with E-state index >= 15 is 4.39 Å². The summed E-state index contributed by atoms with van der Waals surface area (Å²) in [7, 11) is -17.2. The number of alkyl halides is 1. The first-order chi connectivity index (χ1) is 14.9. The number of hydrogen-bond acceptors (Lipinski definition) is 12. The Kier molecular flexibility index (Phi) is 6.67. The third-order valence-electron chi connectivity index (χ3n) is 4.35. The number of phosphoric ester groups is 1. The van der Waals surface area contributed by atoms with E-state index < -0.39 is 53.9 Å². The third kappa shape index (κ3) is 5.49. The molecule has 1 aliphatic heterocycles. The second-order valence-electron chi connectivity index (χ2n) is 6.97. The molecule has 0 spiro atoms. The quantitative estimate of drug-likeness (QED) is 0.212. The number of phosphoric acid groups is 3. The molecule has 1 aliphatic rings. The molecule has 3 rings (SSSR count). The molecule has 0 bridgehead atoms. The van der Waals surface area contributed by atoms with Gasteiger partial charge in [-0.3, -0.25) is 9.09 Å². The maximum atomic E-state index is 15.3. The molecule has 17 nitrogen and oxygen atoms in total. The molecule has 3 heterocycles. The van der Waals surface area contributed by atoms with Crippen LogP contribution in [0.4, 0.5) is 10.1 Å². The van der Waals surface area contributed by atoms with E-state index in [4.69, 9.17) is 25.2 Å². The van der Waals surface area contributed by atoms with Crippen molar-refractivity contribution in [2.45, 2.75) is 30.7 Å². The molecule has 1 fully saturated rings. The molecule has 0 aromatic carbocycles. The van der Waals surface area contributed by atoms with Gasteiger partial charge in [0, 0.05) is 6.20 Å². The fourth-order valence-electron chi connectivity index (χ4n) is 2.99. The molecule has 2 aromatic heterocycles. The van der Waals surface area contributed by atoms with E-state index in [1.165, 1.54) is 12.3 Å². The number of halogens is 1. The Morgan fingerprint density at radius 2 is 1.85 bits per heavy atom. The smallest absolute Gasteiger partial charge is 0.397 e. The molecule has 186 valence electrons. The summed E-state index contributed by atoms with van der Waals surface area (Å²) in [5, 5.41) is 21.0. The molecule has 0 aliphatic carbocycles. The summed E-state index contributed by atoms with van der Waals surface area (Å²) in [6.07, 6.45) is -1.79. The van der Waals surface area contributed by atoms with Gasteiger partial charge in [0.25, 0.3) is 5.85 Å². The van der Waals surface area contributed by atoms with Crippen molar-refractivity contribution < 1.29 is 65.8 Å². The van der Waals surface area contributed by atoms with Crippen LogP contribution in [0.5, 0.6) is 0 Å². The Morgan fingerprint density at radius 1 is 1.21 bits per heavy atom. The summed E-state index contributed by atoms with van der Waals surface area (Å²) in [4.78, 5) is 43.6. The molecule has 0 radical (unpaired) electrons. The zero-order valence-corrected chi connectivity index (χ0v) is 19.0. The van der Waals surface area contributed by atoms with E-state index in [0.717, 1.165) is 17.8 Å². The highest BCUT2D eigenvalue weighted by atomic mass is 31.3. The number of nitrogens with two attached hydrogens (primary N) is 1. The Hall–Kier alpha value is -1.36. The minimum absolute atomic E-state index is 0.0320. The standard InChI is InChI=1S/C12H18FN4O13P3/c1-11(19)9(18)12(13,4-27-32(23,24)30-33(25,26)29-31(20,21)22)28-10(11)17-5-16-7-6(14)2-3-15-8(7)17/h2-3,5,9-10,18-19H,4H2,1H3,(H2,14,15)(H,23,24)(H,25,26)(H2,20,21,22)/t9-,10+,11+,12+/m0/s1. The molecular formula is C12H18FN4O13P3. The number of nitrogens with zero attached hydrogens (tertiary/aromatic N) is 3. The van der Waals surface area contributed by atoms with Crippen molar-refractivity contribution in [3.05, 3.63) is 18.6 Å². The lowest BCUT2D eigenvalue weighted by molar-refractivity contribution is -0.203. The molecule has 6 atom stereocenters. The van der Waals surface area contributed by atoms with Crippen LogP contribution in [0.2, 0.25) is 0 Å². The summed E-state index contributed by atoms with van der Waals surface area (Å²) in [6, 6.07) is 1.42. The lowest BCUT2D eigenvalue weighted by atomic mass is 9.95. The van der Waals surface area contributed by atoms with Crippen LogP contribution < -0.4 is 5.73 Å². The van der Waals surface area contributed by atoms with Crippen molar-refractivity contribution >= 4 is 40.3 Å². The second-order valence-corrected chi connectivity index (χ2v) is 11.4. The molecular weight excluding hydrogens is 520 g/mol. The van der Waals surface area contributed by atoms with Crippen LogP contribution in [0.15, 0.2) is 18.6 Å². The number of imidazole rings is 1. The van der Waals surface area contributed by atoms with Crippen LogP contribution >= 0.6 is 23.5 Å². The van der Waals surface area contributed by atoms with Crippen molar-refractivity contribution in [1.82, 2.24) is 14.5 Å². The minimum Gasteiger partial charge on any atom is -0.397 e. The summed E-state index contributed by atoms with van der Waals surface area (Å²) < 4.78 is 66.5. The summed E-state index contributed by atoms with van der Waals surface area (Å²) in [5.74, 6) is -3.41. The first kappa shape index (κ1) is 26.2. The molecule has 21 heteroatoms. The van der Waals surface area contributed by atoms with Crippen LogP contribution in [-0.4, -0.2) is 68.5 Å². The van der Waals surface area contributed by atoms with Gasteiger partial charge in [-0.05, 0) is 13.0 Å². The lowest BCUT2D eigenvalue weighted by Gasteiger charge is -2.27. The fourth-order valence-corrected chi connectivity index (χ4v) is 6.02. The van der Waals surface area contributed by atoms with E-state index in [1.807, 2.05) is 0 Å². The summed E-state index contributed by atoms with van der Waals surface area (Å²) >= 11 is 0. The topological polar surface area (TPSA) is 266 Å². The van der Waals surface area contributed by atoms with E-state index in [1.54, 1.807) is 0 Å². The van der Waals surface area contributed by atoms with Gasteiger partial charge in [0.15, 0.2) is 11.9 Å². The molecule has 0 saturated carbocycles. The number of fused-ring (bicyclic) bond motifs is 1.